The molecule has 0 aliphatic rings. The molecule has 2 nitrogen and oxygen atoms in total. The second-order valence-electron chi connectivity index (χ2n) is 0.552. The second kappa shape index (κ2) is 3.21. The second-order valence-corrected chi connectivity index (χ2v) is 0.552. The van der Waals surface area contributed by atoms with Crippen molar-refractivity contribution in [2.45, 2.75) is 0 Å². The van der Waals surface area contributed by atoms with E-state index in [1.54, 1.807) is 0 Å². The van der Waals surface area contributed by atoms with Crippen LogP contribution < -0.4 is 5.73 Å². The summed E-state index contributed by atoms with van der Waals surface area (Å²) in [5, 5.41) is 6.31. The molecular weight excluding hydrogens is 64.0 g/mol. The van der Waals surface area contributed by atoms with Gasteiger partial charge in [0.15, 0.2) is 0 Å². The van der Waals surface area contributed by atoms with E-state index in [9.17, 15) is 0 Å². The van der Waals surface area contributed by atoms with Crippen molar-refractivity contribution < 1.29 is 0 Å². The Kier molecular flexibility index (Phi) is 2.70. The summed E-state index contributed by atoms with van der Waals surface area (Å²) in [4.78, 5) is 0. The maximum Gasteiger partial charge on any atom is 0.0192 e. The topological polar surface area (TPSA) is 49.9 Å². The summed E-state index contributed by atoms with van der Waals surface area (Å²) in [6.07, 6.45) is 3.88. The first-order valence-electron chi connectivity index (χ1n) is 1.29. The van der Waals surface area contributed by atoms with Gasteiger partial charge in [-0.05, 0) is 12.3 Å². The Morgan fingerprint density at radius 2 is 2.20 bits per heavy atom. The minimum Gasteiger partial charge on any atom is -0.405 e. The molecule has 0 fully saturated rings. The highest BCUT2D eigenvalue weighted by molar-refractivity contribution is 5.67. The standard InChI is InChI=1S/C3H6N2/c4-2-1-3-5/h1-4H,5H2. The van der Waals surface area contributed by atoms with Gasteiger partial charge in [0.05, 0.1) is 0 Å². The molecule has 0 aromatic carbocycles. The van der Waals surface area contributed by atoms with Crippen molar-refractivity contribution in [2.75, 3.05) is 0 Å². The van der Waals surface area contributed by atoms with Crippen LogP contribution in [0.3, 0.4) is 0 Å². The zero-order valence-electron chi connectivity index (χ0n) is 2.81. The third-order valence-corrected chi connectivity index (χ3v) is 0.207. The highest BCUT2D eigenvalue weighted by Crippen LogP contribution is 1.45. The highest BCUT2D eigenvalue weighted by Gasteiger charge is 1.43. The molecule has 0 aromatic heterocycles. The van der Waals surface area contributed by atoms with Crippen LogP contribution in [0, 0.1) is 5.41 Å². The number of allylic oxidation sites excluding steroid dienone is 1. The summed E-state index contributed by atoms with van der Waals surface area (Å²) in [5.41, 5.74) is 4.81. The molecule has 0 aliphatic heterocycles. The Bertz CT molecular complexity index is 46.9. The molecular formula is C3H6N2. The van der Waals surface area contributed by atoms with E-state index in [4.69, 9.17) is 11.1 Å². The third-order valence-electron chi connectivity index (χ3n) is 0.207. The number of rotatable bonds is 1. The highest BCUT2D eigenvalue weighted by atomic mass is 14.5. The average molecular weight is 70.1 g/mol. The zero-order chi connectivity index (χ0) is 4.12. The first-order valence-corrected chi connectivity index (χ1v) is 1.29. The Balaban J connectivity index is 2.92. The van der Waals surface area contributed by atoms with Crippen LogP contribution in [0.1, 0.15) is 0 Å². The Morgan fingerprint density at radius 1 is 1.60 bits per heavy atom. The zero-order valence-corrected chi connectivity index (χ0v) is 2.81. The first-order chi connectivity index (χ1) is 2.41. The van der Waals surface area contributed by atoms with E-state index in [0.29, 0.717) is 0 Å². The van der Waals surface area contributed by atoms with Gasteiger partial charge in [-0.3, -0.25) is 0 Å². The third kappa shape index (κ3) is 3.21. The lowest BCUT2D eigenvalue weighted by atomic mass is 10.7. The molecule has 0 rings (SSSR count). The molecule has 0 aromatic rings. The van der Waals surface area contributed by atoms with Gasteiger partial charge in [-0.15, -0.1) is 0 Å². The fourth-order valence-corrected chi connectivity index (χ4v) is 0.0556. The van der Waals surface area contributed by atoms with Gasteiger partial charge in [0.2, 0.25) is 0 Å². The monoisotopic (exact) mass is 70.1 g/mol. The number of hydrogen-bond acceptors (Lipinski definition) is 2. The number of hydrogen-bond donors (Lipinski definition) is 2. The van der Waals surface area contributed by atoms with E-state index in [-0.39, 0.29) is 0 Å². The molecule has 3 N–H and O–H groups in total. The van der Waals surface area contributed by atoms with Gasteiger partial charge in [0.25, 0.3) is 0 Å². The summed E-state index contributed by atoms with van der Waals surface area (Å²) in [7, 11) is 0. The van der Waals surface area contributed by atoms with Gasteiger partial charge in [0, 0.05) is 6.21 Å². The molecule has 0 saturated carbocycles. The minimum atomic E-state index is 1.12. The molecule has 0 amide bonds. The van der Waals surface area contributed by atoms with Crippen LogP contribution in [-0.4, -0.2) is 6.21 Å². The number of nitrogens with one attached hydrogen (secondary N) is 1. The molecule has 0 atom stereocenters. The molecule has 2 heteroatoms. The minimum absolute atomic E-state index is 1.12. The van der Waals surface area contributed by atoms with E-state index in [1.165, 1.54) is 12.3 Å². The lowest BCUT2D eigenvalue weighted by molar-refractivity contribution is 1.56. The molecule has 0 saturated heterocycles. The van der Waals surface area contributed by atoms with E-state index in [2.05, 4.69) is 0 Å². The smallest absolute Gasteiger partial charge is 0.0192 e. The summed E-state index contributed by atoms with van der Waals surface area (Å²) in [6.45, 7) is 0. The summed E-state index contributed by atoms with van der Waals surface area (Å²) in [6, 6.07) is 0. The summed E-state index contributed by atoms with van der Waals surface area (Å²) < 4.78 is 0. The van der Waals surface area contributed by atoms with Gasteiger partial charge in [0.1, 0.15) is 0 Å². The van der Waals surface area contributed by atoms with Crippen molar-refractivity contribution >= 4 is 6.21 Å². The molecule has 0 heterocycles. The van der Waals surface area contributed by atoms with E-state index >= 15 is 0 Å². The van der Waals surface area contributed by atoms with E-state index in [0.717, 1.165) is 6.21 Å². The Morgan fingerprint density at radius 3 is 2.20 bits per heavy atom. The molecule has 0 aliphatic carbocycles. The Labute approximate surface area is 30.8 Å². The van der Waals surface area contributed by atoms with Crippen molar-refractivity contribution in [3.63, 3.8) is 0 Å². The SMILES string of the molecule is N=CC=CN. The lowest BCUT2D eigenvalue weighted by Gasteiger charge is -1.57. The van der Waals surface area contributed by atoms with Gasteiger partial charge >= 0.3 is 0 Å². The molecule has 28 valence electrons. The average Bonchev–Trinajstić information content (AvgIpc) is 1.41. The molecule has 0 unspecified atom stereocenters. The van der Waals surface area contributed by atoms with Crippen LogP contribution >= 0.6 is 0 Å². The van der Waals surface area contributed by atoms with Crippen molar-refractivity contribution in [2.24, 2.45) is 5.73 Å². The van der Waals surface area contributed by atoms with Crippen molar-refractivity contribution in [1.29, 1.82) is 5.41 Å². The predicted molar refractivity (Wildman–Crippen MR) is 22.1 cm³/mol. The van der Waals surface area contributed by atoms with Gasteiger partial charge in [-0.25, -0.2) is 0 Å². The maximum absolute atomic E-state index is 6.31. The van der Waals surface area contributed by atoms with Crippen LogP contribution in [0.5, 0.6) is 0 Å². The first kappa shape index (κ1) is 4.21. The van der Waals surface area contributed by atoms with Gasteiger partial charge in [-0.2, -0.15) is 0 Å². The van der Waals surface area contributed by atoms with Crippen molar-refractivity contribution in [3.05, 3.63) is 12.3 Å². The van der Waals surface area contributed by atoms with Crippen LogP contribution in [-0.2, 0) is 0 Å². The summed E-state index contributed by atoms with van der Waals surface area (Å²) >= 11 is 0. The summed E-state index contributed by atoms with van der Waals surface area (Å²) in [5.74, 6) is 0. The normalized spacial score (nSPS) is 8.80. The lowest BCUT2D eigenvalue weighted by Crippen LogP contribution is -1.73. The van der Waals surface area contributed by atoms with Gasteiger partial charge < -0.3 is 11.1 Å². The predicted octanol–water partition coefficient (Wildman–Crippen LogP) is 0.108. The van der Waals surface area contributed by atoms with Crippen molar-refractivity contribution in [3.8, 4) is 0 Å². The quantitative estimate of drug-likeness (QED) is 0.422. The van der Waals surface area contributed by atoms with Gasteiger partial charge in [-0.1, -0.05) is 0 Å². The fourth-order valence-electron chi connectivity index (χ4n) is 0.0556. The van der Waals surface area contributed by atoms with Crippen LogP contribution in [0.25, 0.3) is 0 Å². The van der Waals surface area contributed by atoms with Crippen LogP contribution in [0.2, 0.25) is 0 Å². The molecule has 0 radical (unpaired) electrons. The molecule has 5 heavy (non-hydrogen) atoms. The largest absolute Gasteiger partial charge is 0.405 e. The van der Waals surface area contributed by atoms with E-state index < -0.39 is 0 Å². The van der Waals surface area contributed by atoms with E-state index in [1.807, 2.05) is 0 Å². The molecule has 0 spiro atoms. The van der Waals surface area contributed by atoms with Crippen LogP contribution in [0.15, 0.2) is 12.3 Å². The fraction of sp³-hybridized carbons (Fsp3) is 0. The van der Waals surface area contributed by atoms with Crippen LogP contribution in [0.4, 0.5) is 0 Å². The molecule has 0 bridgehead atoms. The maximum atomic E-state index is 6.31. The van der Waals surface area contributed by atoms with Crippen molar-refractivity contribution in [1.82, 2.24) is 0 Å². The Hall–Kier alpha value is -0.790. The number of nitrogens with two attached hydrogens (primary N) is 1.